The van der Waals surface area contributed by atoms with Crippen molar-refractivity contribution in [2.75, 3.05) is 0 Å². The van der Waals surface area contributed by atoms with E-state index in [0.717, 1.165) is 22.3 Å². The first-order valence-electron chi connectivity index (χ1n) is 15.5. The lowest BCUT2D eigenvalue weighted by Crippen LogP contribution is -2.58. The Morgan fingerprint density at radius 1 is 0.489 bits per heavy atom. The molecule has 0 aromatic heterocycles. The van der Waals surface area contributed by atoms with Gasteiger partial charge in [-0.3, -0.25) is 0 Å². The number of benzene rings is 4. The second-order valence-corrected chi connectivity index (χ2v) is 11.7. The zero-order valence-electron chi connectivity index (χ0n) is 26.6. The Balaban J connectivity index is 1.49. The van der Waals surface area contributed by atoms with Gasteiger partial charge in [0.25, 0.3) is 0 Å². The fourth-order valence-electron chi connectivity index (χ4n) is 4.79. The van der Waals surface area contributed by atoms with Crippen LogP contribution >= 0.6 is 0 Å². The summed E-state index contributed by atoms with van der Waals surface area (Å²) in [5.41, 5.74) is 0.0955. The number of carbonyl (C=O) groups is 4. The van der Waals surface area contributed by atoms with Crippen molar-refractivity contribution >= 4 is 24.1 Å². The van der Waals surface area contributed by atoms with E-state index in [4.69, 9.17) is 14.2 Å². The number of nitrogens with one attached hydrogen (secondary N) is 2. The van der Waals surface area contributed by atoms with E-state index in [2.05, 4.69) is 10.6 Å². The third kappa shape index (κ3) is 10.8. The van der Waals surface area contributed by atoms with E-state index in [-0.39, 0.29) is 26.1 Å². The van der Waals surface area contributed by atoms with E-state index in [0.29, 0.717) is 12.8 Å². The highest BCUT2D eigenvalue weighted by Crippen LogP contribution is 2.22. The number of alkyl carbamates (subject to hydrolysis) is 2. The molecule has 0 bridgehead atoms. The van der Waals surface area contributed by atoms with Gasteiger partial charge in [0.15, 0.2) is 0 Å². The minimum atomic E-state index is -1.65. The molecule has 0 saturated carbocycles. The Labute approximate surface area is 275 Å². The summed E-state index contributed by atoms with van der Waals surface area (Å²) in [6.07, 6.45) is -0.677. The summed E-state index contributed by atoms with van der Waals surface area (Å²) in [6, 6.07) is 37.1. The molecule has 9 nitrogen and oxygen atoms in total. The van der Waals surface area contributed by atoms with Crippen LogP contribution in [0.3, 0.4) is 0 Å². The van der Waals surface area contributed by atoms with Crippen molar-refractivity contribution in [2.24, 2.45) is 0 Å². The second-order valence-electron chi connectivity index (χ2n) is 11.7. The zero-order valence-corrected chi connectivity index (χ0v) is 26.6. The first-order valence-corrected chi connectivity index (χ1v) is 15.5. The van der Waals surface area contributed by atoms with Gasteiger partial charge in [0, 0.05) is 0 Å². The van der Waals surface area contributed by atoms with Crippen molar-refractivity contribution in [3.05, 3.63) is 144 Å². The first-order chi connectivity index (χ1) is 22.6. The number of esters is 2. The van der Waals surface area contributed by atoms with E-state index < -0.39 is 35.2 Å². The van der Waals surface area contributed by atoms with Gasteiger partial charge in [-0.05, 0) is 61.8 Å². The van der Waals surface area contributed by atoms with Crippen LogP contribution in [0.1, 0.15) is 48.9 Å². The van der Waals surface area contributed by atoms with Crippen molar-refractivity contribution in [3.8, 4) is 0 Å². The number of ether oxygens (including phenoxy) is 3. The Kier molecular flexibility index (Phi) is 12.3. The fourth-order valence-corrected chi connectivity index (χ4v) is 4.79. The Morgan fingerprint density at radius 3 is 1.11 bits per heavy atom. The first kappa shape index (κ1) is 34.4. The molecule has 0 aliphatic carbocycles. The van der Waals surface area contributed by atoms with Gasteiger partial charge in [-0.15, -0.1) is 0 Å². The quantitative estimate of drug-likeness (QED) is 0.0899. The van der Waals surface area contributed by atoms with Crippen LogP contribution in [-0.4, -0.2) is 35.2 Å². The molecule has 0 unspecified atom stereocenters. The maximum absolute atomic E-state index is 13.8. The van der Waals surface area contributed by atoms with Crippen molar-refractivity contribution < 1.29 is 33.4 Å². The molecule has 0 aliphatic heterocycles. The Bertz CT molecular complexity index is 1480. The minimum absolute atomic E-state index is 0.0119. The van der Waals surface area contributed by atoms with Gasteiger partial charge >= 0.3 is 24.1 Å². The topological polar surface area (TPSA) is 120 Å². The summed E-state index contributed by atoms with van der Waals surface area (Å²) in [4.78, 5) is 53.4. The normalized spacial score (nSPS) is 13.2. The summed E-state index contributed by atoms with van der Waals surface area (Å²) in [5, 5.41) is 5.26. The Hall–Kier alpha value is -5.44. The SMILES string of the molecule is C[C@@](CCc1ccccc1)(NC(=O)OCc1ccccc1)C(=O)OC(=O)[C@](C)(CCc1ccccc1)NC(=O)OCc1ccccc1. The van der Waals surface area contributed by atoms with E-state index in [9.17, 15) is 19.2 Å². The van der Waals surface area contributed by atoms with Crippen molar-refractivity contribution in [1.82, 2.24) is 10.6 Å². The van der Waals surface area contributed by atoms with Gasteiger partial charge in [-0.25, -0.2) is 19.2 Å². The highest BCUT2D eigenvalue weighted by Gasteiger charge is 2.43. The average molecular weight is 637 g/mol. The summed E-state index contributed by atoms with van der Waals surface area (Å²) >= 11 is 0. The van der Waals surface area contributed by atoms with Gasteiger partial charge < -0.3 is 24.8 Å². The minimum Gasteiger partial charge on any atom is -0.445 e. The molecular weight excluding hydrogens is 596 g/mol. The molecule has 2 atom stereocenters. The lowest BCUT2D eigenvalue weighted by Gasteiger charge is -2.31. The predicted octanol–water partition coefficient (Wildman–Crippen LogP) is 6.69. The molecule has 0 saturated heterocycles. The molecular formula is C38H40N2O7. The molecule has 2 amide bonds. The monoisotopic (exact) mass is 636 g/mol. The standard InChI is InChI=1S/C38H40N2O7/c1-37(25-23-29-15-7-3-8-16-29,39-35(43)45-27-31-19-11-5-12-20-31)33(41)47-34(42)38(2,26-24-30-17-9-4-10-18-30)40-36(44)46-28-32-21-13-6-14-22-32/h3-22H,23-28H2,1-2H3,(H,39,43)(H,40,44)/t37-,38-/m0/s1. The lowest BCUT2D eigenvalue weighted by molar-refractivity contribution is -0.168. The van der Waals surface area contributed by atoms with Crippen molar-refractivity contribution in [1.29, 1.82) is 0 Å². The number of amides is 2. The van der Waals surface area contributed by atoms with E-state index in [1.54, 1.807) is 0 Å². The van der Waals surface area contributed by atoms with Gasteiger partial charge in [-0.2, -0.15) is 0 Å². The second kappa shape index (κ2) is 16.7. The molecule has 4 aromatic carbocycles. The van der Waals surface area contributed by atoms with Crippen LogP contribution < -0.4 is 10.6 Å². The number of aryl methyl sites for hydroxylation is 2. The molecule has 9 heteroatoms. The maximum atomic E-state index is 13.8. The molecule has 0 spiro atoms. The smallest absolute Gasteiger partial charge is 0.408 e. The lowest BCUT2D eigenvalue weighted by atomic mass is 9.91. The maximum Gasteiger partial charge on any atom is 0.408 e. The third-order valence-electron chi connectivity index (χ3n) is 7.78. The van der Waals surface area contributed by atoms with Gasteiger partial charge in [0.2, 0.25) is 0 Å². The molecule has 2 N–H and O–H groups in total. The highest BCUT2D eigenvalue weighted by molar-refractivity contribution is 5.97. The van der Waals surface area contributed by atoms with Crippen molar-refractivity contribution in [3.63, 3.8) is 0 Å². The number of hydrogen-bond donors (Lipinski definition) is 2. The van der Waals surface area contributed by atoms with Crippen LogP contribution in [-0.2, 0) is 49.9 Å². The number of carbonyl (C=O) groups excluding carboxylic acids is 4. The van der Waals surface area contributed by atoms with Crippen LogP contribution in [0.15, 0.2) is 121 Å². The summed E-state index contributed by atoms with van der Waals surface area (Å²) < 4.78 is 16.2. The van der Waals surface area contributed by atoms with E-state index >= 15 is 0 Å². The van der Waals surface area contributed by atoms with E-state index in [1.165, 1.54) is 13.8 Å². The molecule has 47 heavy (non-hydrogen) atoms. The average Bonchev–Trinajstić information content (AvgIpc) is 3.10. The van der Waals surface area contributed by atoms with Gasteiger partial charge in [0.05, 0.1) is 0 Å². The third-order valence-corrected chi connectivity index (χ3v) is 7.78. The molecule has 244 valence electrons. The number of rotatable bonds is 14. The van der Waals surface area contributed by atoms with Gasteiger partial charge in [0.1, 0.15) is 24.3 Å². The van der Waals surface area contributed by atoms with Crippen LogP contribution in [0, 0.1) is 0 Å². The highest BCUT2D eigenvalue weighted by atomic mass is 16.6. The largest absolute Gasteiger partial charge is 0.445 e. The predicted molar refractivity (Wildman–Crippen MR) is 177 cm³/mol. The fraction of sp³-hybridized carbons (Fsp3) is 0.263. The summed E-state index contributed by atoms with van der Waals surface area (Å²) in [5.74, 6) is -1.97. The molecule has 0 aliphatic rings. The van der Waals surface area contributed by atoms with Crippen LogP contribution in [0.5, 0.6) is 0 Å². The molecule has 0 heterocycles. The zero-order chi connectivity index (χ0) is 33.5. The van der Waals surface area contributed by atoms with Crippen LogP contribution in [0.4, 0.5) is 9.59 Å². The molecule has 4 rings (SSSR count). The van der Waals surface area contributed by atoms with Crippen LogP contribution in [0.2, 0.25) is 0 Å². The molecule has 0 radical (unpaired) electrons. The summed E-state index contributed by atoms with van der Waals surface area (Å²) in [6.45, 7) is 2.94. The Morgan fingerprint density at radius 2 is 0.787 bits per heavy atom. The number of hydrogen-bond acceptors (Lipinski definition) is 7. The molecule has 4 aromatic rings. The van der Waals surface area contributed by atoms with Gasteiger partial charge in [-0.1, -0.05) is 121 Å². The van der Waals surface area contributed by atoms with E-state index in [1.807, 2.05) is 121 Å². The van der Waals surface area contributed by atoms with Crippen molar-refractivity contribution in [2.45, 2.75) is 63.8 Å². The summed E-state index contributed by atoms with van der Waals surface area (Å²) in [7, 11) is 0. The molecule has 0 fully saturated rings. The van der Waals surface area contributed by atoms with Crippen LogP contribution in [0.25, 0.3) is 0 Å².